The maximum Gasteiger partial charge on any atom is 0.144 e. The first-order valence-electron chi connectivity index (χ1n) is 6.94. The molecule has 1 aromatic carbocycles. The van der Waals surface area contributed by atoms with Gasteiger partial charge in [0.2, 0.25) is 0 Å². The van der Waals surface area contributed by atoms with Crippen molar-refractivity contribution >= 4 is 11.4 Å². The molecule has 0 aromatic heterocycles. The number of hydrogen-bond acceptors (Lipinski definition) is 4. The van der Waals surface area contributed by atoms with Crippen LogP contribution in [0, 0.1) is 0 Å². The zero-order valence-corrected chi connectivity index (χ0v) is 12.0. The predicted octanol–water partition coefficient (Wildman–Crippen LogP) is 3.04. The molecular weight excluding hydrogens is 240 g/mol. The number of nitrogens with one attached hydrogen (secondary N) is 1. The molecule has 19 heavy (non-hydrogen) atoms. The maximum atomic E-state index is 5.92. The topological polar surface area (TPSA) is 56.5 Å². The minimum absolute atomic E-state index is 0.127. The molecule has 0 amide bonds. The molecule has 0 radical (unpaired) electrons. The standard InChI is InChI=1S/C15H24N2O2/c1-10(2)19-15-9-12(5-7-14(15)16)17-11-4-6-13(8-11)18-3/h5,7,9-11,13,17H,4,6,8,16H2,1-3H3. The van der Waals surface area contributed by atoms with Gasteiger partial charge in [-0.2, -0.15) is 0 Å². The number of ether oxygens (including phenoxy) is 2. The molecule has 4 heteroatoms. The SMILES string of the molecule is COC1CCC(Nc2ccc(N)c(OC(C)C)c2)C1. The summed E-state index contributed by atoms with van der Waals surface area (Å²) >= 11 is 0. The van der Waals surface area contributed by atoms with Crippen LogP contribution < -0.4 is 15.8 Å². The molecule has 1 aliphatic rings. The molecule has 1 fully saturated rings. The Morgan fingerprint density at radius 3 is 2.74 bits per heavy atom. The average Bonchev–Trinajstić information content (AvgIpc) is 2.80. The Bertz CT molecular complexity index is 421. The van der Waals surface area contributed by atoms with Crippen molar-refractivity contribution in [2.75, 3.05) is 18.2 Å². The molecule has 0 aliphatic heterocycles. The molecule has 0 bridgehead atoms. The predicted molar refractivity (Wildman–Crippen MR) is 78.7 cm³/mol. The van der Waals surface area contributed by atoms with Gasteiger partial charge in [0.15, 0.2) is 0 Å². The van der Waals surface area contributed by atoms with Crippen molar-refractivity contribution in [2.24, 2.45) is 0 Å². The molecule has 2 rings (SSSR count). The maximum absolute atomic E-state index is 5.92. The first-order chi connectivity index (χ1) is 9.08. The van der Waals surface area contributed by atoms with Gasteiger partial charge in [0, 0.05) is 24.9 Å². The van der Waals surface area contributed by atoms with E-state index in [4.69, 9.17) is 15.2 Å². The fraction of sp³-hybridized carbons (Fsp3) is 0.600. The van der Waals surface area contributed by atoms with Gasteiger partial charge in [0.1, 0.15) is 5.75 Å². The summed E-state index contributed by atoms with van der Waals surface area (Å²) in [5.41, 5.74) is 7.66. The van der Waals surface area contributed by atoms with Gasteiger partial charge in [0.05, 0.1) is 17.9 Å². The lowest BCUT2D eigenvalue weighted by Crippen LogP contribution is -2.17. The third kappa shape index (κ3) is 3.77. The van der Waals surface area contributed by atoms with E-state index < -0.39 is 0 Å². The first-order valence-corrected chi connectivity index (χ1v) is 6.94. The summed E-state index contributed by atoms with van der Waals surface area (Å²) in [6.07, 6.45) is 3.84. The van der Waals surface area contributed by atoms with Crippen LogP contribution in [0.5, 0.6) is 5.75 Å². The molecular formula is C15H24N2O2. The van der Waals surface area contributed by atoms with E-state index in [1.54, 1.807) is 7.11 Å². The van der Waals surface area contributed by atoms with E-state index in [0.29, 0.717) is 17.8 Å². The van der Waals surface area contributed by atoms with E-state index in [-0.39, 0.29) is 6.10 Å². The normalized spacial score (nSPS) is 22.7. The van der Waals surface area contributed by atoms with Gasteiger partial charge >= 0.3 is 0 Å². The Kier molecular flexibility index (Phi) is 4.53. The van der Waals surface area contributed by atoms with Gasteiger partial charge in [-0.05, 0) is 45.2 Å². The average molecular weight is 264 g/mol. The number of benzene rings is 1. The van der Waals surface area contributed by atoms with Gasteiger partial charge < -0.3 is 20.5 Å². The summed E-state index contributed by atoms with van der Waals surface area (Å²) in [5.74, 6) is 0.751. The van der Waals surface area contributed by atoms with Crippen molar-refractivity contribution in [1.29, 1.82) is 0 Å². The molecule has 0 saturated heterocycles. The molecule has 2 atom stereocenters. The largest absolute Gasteiger partial charge is 0.489 e. The Balaban J connectivity index is 2.01. The second kappa shape index (κ2) is 6.15. The van der Waals surface area contributed by atoms with Crippen LogP contribution in [0.2, 0.25) is 0 Å². The third-order valence-electron chi connectivity index (χ3n) is 3.46. The Morgan fingerprint density at radius 2 is 2.11 bits per heavy atom. The Hall–Kier alpha value is -1.42. The number of methoxy groups -OCH3 is 1. The monoisotopic (exact) mass is 264 g/mol. The fourth-order valence-corrected chi connectivity index (χ4v) is 2.50. The molecule has 3 N–H and O–H groups in total. The highest BCUT2D eigenvalue weighted by Crippen LogP contribution is 2.29. The zero-order valence-electron chi connectivity index (χ0n) is 12.0. The lowest BCUT2D eigenvalue weighted by Gasteiger charge is -2.17. The van der Waals surface area contributed by atoms with Crippen molar-refractivity contribution in [3.63, 3.8) is 0 Å². The lowest BCUT2D eigenvalue weighted by molar-refractivity contribution is 0.108. The fourth-order valence-electron chi connectivity index (χ4n) is 2.50. The zero-order chi connectivity index (χ0) is 13.8. The highest BCUT2D eigenvalue weighted by atomic mass is 16.5. The van der Waals surface area contributed by atoms with Gasteiger partial charge in [0.25, 0.3) is 0 Å². The Morgan fingerprint density at radius 1 is 1.32 bits per heavy atom. The van der Waals surface area contributed by atoms with Crippen LogP contribution in [0.15, 0.2) is 18.2 Å². The number of anilines is 2. The molecule has 0 heterocycles. The summed E-state index contributed by atoms with van der Waals surface area (Å²) in [6.45, 7) is 4.00. The second-order valence-electron chi connectivity index (χ2n) is 5.43. The van der Waals surface area contributed by atoms with E-state index in [2.05, 4.69) is 5.32 Å². The number of hydrogen-bond donors (Lipinski definition) is 2. The number of rotatable bonds is 5. The lowest BCUT2D eigenvalue weighted by atomic mass is 10.2. The molecule has 0 spiro atoms. The van der Waals surface area contributed by atoms with Crippen LogP contribution in [-0.4, -0.2) is 25.4 Å². The minimum Gasteiger partial charge on any atom is -0.489 e. The summed E-state index contributed by atoms with van der Waals surface area (Å²) < 4.78 is 11.1. The van der Waals surface area contributed by atoms with Crippen molar-refractivity contribution in [3.05, 3.63) is 18.2 Å². The number of nitrogen functional groups attached to an aromatic ring is 1. The summed E-state index contributed by atoms with van der Waals surface area (Å²) in [6, 6.07) is 6.35. The molecule has 106 valence electrons. The molecule has 2 unspecified atom stereocenters. The first kappa shape index (κ1) is 14.0. The van der Waals surface area contributed by atoms with Crippen molar-refractivity contribution in [2.45, 2.75) is 51.4 Å². The molecule has 4 nitrogen and oxygen atoms in total. The second-order valence-corrected chi connectivity index (χ2v) is 5.43. The van der Waals surface area contributed by atoms with E-state index in [1.165, 1.54) is 0 Å². The molecule has 1 aromatic rings. The summed E-state index contributed by atoms with van der Waals surface area (Å²) in [4.78, 5) is 0. The smallest absolute Gasteiger partial charge is 0.144 e. The Labute approximate surface area is 115 Å². The van der Waals surface area contributed by atoms with Crippen molar-refractivity contribution in [3.8, 4) is 5.75 Å². The number of nitrogens with two attached hydrogens (primary N) is 1. The third-order valence-corrected chi connectivity index (χ3v) is 3.46. The van der Waals surface area contributed by atoms with Gasteiger partial charge in [-0.25, -0.2) is 0 Å². The van der Waals surface area contributed by atoms with Gasteiger partial charge in [-0.1, -0.05) is 0 Å². The summed E-state index contributed by atoms with van der Waals surface area (Å²) in [5, 5.41) is 3.53. The van der Waals surface area contributed by atoms with Crippen LogP contribution in [0.4, 0.5) is 11.4 Å². The van der Waals surface area contributed by atoms with E-state index >= 15 is 0 Å². The van der Waals surface area contributed by atoms with E-state index in [0.717, 1.165) is 30.7 Å². The van der Waals surface area contributed by atoms with E-state index in [9.17, 15) is 0 Å². The van der Waals surface area contributed by atoms with Crippen LogP contribution >= 0.6 is 0 Å². The van der Waals surface area contributed by atoms with Gasteiger partial charge in [-0.15, -0.1) is 0 Å². The van der Waals surface area contributed by atoms with Crippen LogP contribution in [0.1, 0.15) is 33.1 Å². The minimum atomic E-state index is 0.127. The van der Waals surface area contributed by atoms with Crippen LogP contribution in [0.25, 0.3) is 0 Å². The van der Waals surface area contributed by atoms with Crippen LogP contribution in [-0.2, 0) is 4.74 Å². The van der Waals surface area contributed by atoms with Crippen molar-refractivity contribution in [1.82, 2.24) is 0 Å². The summed E-state index contributed by atoms with van der Waals surface area (Å²) in [7, 11) is 1.78. The van der Waals surface area contributed by atoms with E-state index in [1.807, 2.05) is 32.0 Å². The molecule has 1 aliphatic carbocycles. The van der Waals surface area contributed by atoms with Crippen LogP contribution in [0.3, 0.4) is 0 Å². The van der Waals surface area contributed by atoms with Gasteiger partial charge in [-0.3, -0.25) is 0 Å². The highest BCUT2D eigenvalue weighted by molar-refractivity contribution is 5.61. The quantitative estimate of drug-likeness (QED) is 0.803. The van der Waals surface area contributed by atoms with Crippen molar-refractivity contribution < 1.29 is 9.47 Å². The highest BCUT2D eigenvalue weighted by Gasteiger charge is 2.24. The molecule has 1 saturated carbocycles.